The molecule has 0 saturated carbocycles. The van der Waals surface area contributed by atoms with E-state index < -0.39 is 71.7 Å². The molecule has 1 saturated heterocycles. The number of hydrogen-bond acceptors (Lipinski definition) is 13. The Balaban J connectivity index is 1.63. The second-order valence-corrected chi connectivity index (χ2v) is 13.3. The van der Waals surface area contributed by atoms with Crippen molar-refractivity contribution in [3.05, 3.63) is 57.0 Å². The SMILES string of the molecule is CNc1ccccc1C(=O)O[C@H]1[C@@H](O)[C@H](n2cnc3c(=O)[nH]c(=O)[nH]c32)O[C@@H]1COP(=O)(O)OP(=O)(O)NP(=O)(O)O. The molecule has 0 radical (unpaired) electrons. The molecular weight excluding hydrogens is 633 g/mol. The fourth-order valence-electron chi connectivity index (χ4n) is 3.95. The summed E-state index contributed by atoms with van der Waals surface area (Å²) in [5.41, 5.74) is -1.92. The third-order valence-corrected chi connectivity index (χ3v) is 9.82. The van der Waals surface area contributed by atoms with Crippen molar-refractivity contribution in [1.82, 2.24) is 24.4 Å². The number of esters is 1. The number of aromatic nitrogens is 4. The number of para-hydroxylation sites is 1. The summed E-state index contributed by atoms with van der Waals surface area (Å²) in [6, 6.07) is 6.08. The fraction of sp³-hybridized carbons (Fsp3) is 0.333. The van der Waals surface area contributed by atoms with Gasteiger partial charge >= 0.3 is 35.0 Å². The Bertz CT molecular complexity index is 1750. The van der Waals surface area contributed by atoms with Gasteiger partial charge in [0.2, 0.25) is 0 Å². The molecule has 1 aliphatic heterocycles. The quantitative estimate of drug-likeness (QED) is 0.0869. The van der Waals surface area contributed by atoms with Crippen LogP contribution in [0.25, 0.3) is 11.2 Å². The minimum atomic E-state index is -5.60. The molecule has 4 rings (SSSR count). The number of hydrogen-bond donors (Lipinski definition) is 9. The summed E-state index contributed by atoms with van der Waals surface area (Å²) in [5.74, 6) is -0.993. The molecule has 0 amide bonds. The van der Waals surface area contributed by atoms with Crippen molar-refractivity contribution in [2.75, 3.05) is 19.0 Å². The number of ether oxygens (including phenoxy) is 2. The van der Waals surface area contributed by atoms with Gasteiger partial charge in [0.1, 0.15) is 17.9 Å². The van der Waals surface area contributed by atoms with Gasteiger partial charge in [0.25, 0.3) is 5.56 Å². The minimum Gasteiger partial charge on any atom is -0.453 e. The van der Waals surface area contributed by atoms with Crippen molar-refractivity contribution in [3.63, 3.8) is 0 Å². The Hall–Kier alpha value is -3.03. The summed E-state index contributed by atoms with van der Waals surface area (Å²) in [4.78, 5) is 82.9. The molecule has 230 valence electrons. The monoisotopic (exact) mass is 656 g/mol. The molecule has 2 aromatic heterocycles. The first kappa shape index (κ1) is 31.9. The minimum absolute atomic E-state index is 0.0140. The average molecular weight is 656 g/mol. The van der Waals surface area contributed by atoms with Crippen molar-refractivity contribution in [1.29, 1.82) is 0 Å². The molecule has 0 spiro atoms. The van der Waals surface area contributed by atoms with E-state index in [1.54, 1.807) is 12.1 Å². The number of nitrogens with one attached hydrogen (secondary N) is 4. The van der Waals surface area contributed by atoms with Gasteiger partial charge < -0.3 is 39.5 Å². The number of benzene rings is 1. The van der Waals surface area contributed by atoms with E-state index in [-0.39, 0.29) is 16.7 Å². The van der Waals surface area contributed by atoms with Crippen LogP contribution in [0.15, 0.2) is 40.2 Å². The lowest BCUT2D eigenvalue weighted by atomic mass is 10.1. The molecule has 3 heterocycles. The highest BCUT2D eigenvalue weighted by atomic mass is 31.3. The number of carbonyl (C=O) groups is 1. The van der Waals surface area contributed by atoms with Gasteiger partial charge in [-0.1, -0.05) is 12.1 Å². The molecule has 0 aliphatic carbocycles. The van der Waals surface area contributed by atoms with Crippen molar-refractivity contribution >= 4 is 46.1 Å². The maximum absolute atomic E-state index is 13.0. The van der Waals surface area contributed by atoms with Crippen LogP contribution in [0.5, 0.6) is 0 Å². The van der Waals surface area contributed by atoms with Crippen LogP contribution in [0, 0.1) is 0 Å². The van der Waals surface area contributed by atoms with Crippen molar-refractivity contribution < 1.29 is 61.5 Å². The first-order valence-corrected chi connectivity index (χ1v) is 16.1. The topological polar surface area (TPSA) is 314 Å². The third-order valence-electron chi connectivity index (χ3n) is 5.58. The second-order valence-electron chi connectivity index (χ2n) is 8.49. The highest BCUT2D eigenvalue weighted by molar-refractivity contribution is 7.70. The number of anilines is 1. The summed E-state index contributed by atoms with van der Waals surface area (Å²) in [6.45, 7) is -1.08. The summed E-state index contributed by atoms with van der Waals surface area (Å²) < 4.78 is 55.8. The lowest BCUT2D eigenvalue weighted by molar-refractivity contribution is -0.0519. The van der Waals surface area contributed by atoms with Crippen LogP contribution in [-0.4, -0.2) is 82.1 Å². The van der Waals surface area contributed by atoms with E-state index in [4.69, 9.17) is 19.3 Å². The predicted octanol–water partition coefficient (Wildman–Crippen LogP) is -1.15. The van der Waals surface area contributed by atoms with Gasteiger partial charge in [0.15, 0.2) is 17.8 Å². The van der Waals surface area contributed by atoms with Crippen LogP contribution in [0.1, 0.15) is 16.6 Å². The summed E-state index contributed by atoms with van der Waals surface area (Å²) in [5, 5.41) is 13.9. The zero-order valence-corrected chi connectivity index (χ0v) is 23.6. The van der Waals surface area contributed by atoms with Crippen molar-refractivity contribution in [2.24, 2.45) is 0 Å². The normalized spacial score (nSPS) is 23.8. The number of phosphoric acid groups is 1. The van der Waals surface area contributed by atoms with Gasteiger partial charge in [-0.2, -0.15) is 4.31 Å². The number of nitrogens with zero attached hydrogens (tertiary/aromatic N) is 2. The number of aliphatic hydroxyl groups excluding tert-OH is 1. The van der Waals surface area contributed by atoms with Crippen LogP contribution in [0.4, 0.5) is 5.69 Å². The number of imidazole rings is 1. The molecule has 9 N–H and O–H groups in total. The summed E-state index contributed by atoms with van der Waals surface area (Å²) in [7, 11) is -15.1. The number of aromatic amines is 2. The number of fused-ring (bicyclic) bond motifs is 1. The second kappa shape index (κ2) is 11.9. The maximum Gasteiger partial charge on any atom is 0.480 e. The van der Waals surface area contributed by atoms with E-state index in [1.807, 2.05) is 4.98 Å². The maximum atomic E-state index is 13.0. The van der Waals surface area contributed by atoms with Crippen LogP contribution < -0.4 is 21.4 Å². The molecule has 21 nitrogen and oxygen atoms in total. The van der Waals surface area contributed by atoms with E-state index >= 15 is 0 Å². The highest BCUT2D eigenvalue weighted by Gasteiger charge is 2.49. The average Bonchev–Trinajstić information content (AvgIpc) is 3.41. The molecule has 0 bridgehead atoms. The third kappa shape index (κ3) is 7.30. The van der Waals surface area contributed by atoms with E-state index in [0.29, 0.717) is 5.69 Å². The Morgan fingerprint density at radius 1 is 1.14 bits per heavy atom. The largest absolute Gasteiger partial charge is 0.480 e. The fourth-order valence-corrected chi connectivity index (χ4v) is 7.39. The van der Waals surface area contributed by atoms with Gasteiger partial charge in [-0.15, -0.1) is 4.86 Å². The molecular formula is C18H23N6O15P3. The number of aliphatic hydroxyl groups is 1. The molecule has 24 heteroatoms. The van der Waals surface area contributed by atoms with Gasteiger partial charge in [-0.05, 0) is 12.1 Å². The molecule has 42 heavy (non-hydrogen) atoms. The molecule has 6 atom stereocenters. The molecule has 1 aliphatic rings. The molecule has 1 aromatic carbocycles. The van der Waals surface area contributed by atoms with Gasteiger partial charge in [-0.25, -0.2) is 28.3 Å². The highest BCUT2D eigenvalue weighted by Crippen LogP contribution is 2.61. The Labute approximate surface area is 232 Å². The molecule has 1 fully saturated rings. The molecule has 2 unspecified atom stereocenters. The summed E-state index contributed by atoms with van der Waals surface area (Å²) >= 11 is 0. The number of H-pyrrole nitrogens is 2. The number of phosphoric ester groups is 1. The number of rotatable bonds is 11. The van der Waals surface area contributed by atoms with E-state index in [1.165, 1.54) is 19.2 Å². The van der Waals surface area contributed by atoms with Crippen molar-refractivity contribution in [2.45, 2.75) is 24.5 Å². The van der Waals surface area contributed by atoms with Crippen LogP contribution in [-0.2, 0) is 32.0 Å². The summed E-state index contributed by atoms with van der Waals surface area (Å²) in [6.07, 6.45) is -5.66. The predicted molar refractivity (Wildman–Crippen MR) is 138 cm³/mol. The van der Waals surface area contributed by atoms with Crippen molar-refractivity contribution in [3.8, 4) is 0 Å². The zero-order chi connectivity index (χ0) is 31.0. The Morgan fingerprint density at radius 2 is 1.83 bits per heavy atom. The van der Waals surface area contributed by atoms with E-state index in [0.717, 1.165) is 15.8 Å². The Morgan fingerprint density at radius 3 is 2.50 bits per heavy atom. The zero-order valence-electron chi connectivity index (χ0n) is 21.0. The van der Waals surface area contributed by atoms with E-state index in [2.05, 4.69) is 24.1 Å². The van der Waals surface area contributed by atoms with E-state index in [9.17, 15) is 43.0 Å². The Kier molecular flexibility index (Phi) is 9.06. The van der Waals surface area contributed by atoms with Gasteiger partial charge in [-0.3, -0.25) is 23.9 Å². The lowest BCUT2D eigenvalue weighted by Crippen LogP contribution is -2.38. The van der Waals surface area contributed by atoms with Crippen LogP contribution in [0.3, 0.4) is 0 Å². The molecule has 3 aromatic rings. The lowest BCUT2D eigenvalue weighted by Gasteiger charge is -2.22. The van der Waals surface area contributed by atoms with Gasteiger partial charge in [0, 0.05) is 12.7 Å². The number of carbonyl (C=O) groups excluding carboxylic acids is 1. The first-order chi connectivity index (χ1) is 19.5. The smallest absolute Gasteiger partial charge is 0.453 e. The first-order valence-electron chi connectivity index (χ1n) is 11.4. The van der Waals surface area contributed by atoms with Crippen LogP contribution >= 0.6 is 23.3 Å². The van der Waals surface area contributed by atoms with Gasteiger partial charge in [0.05, 0.1) is 18.5 Å². The standard InChI is InChI=1S/C18H23N6O15P3/c1-19-9-5-3-2-4-8(9)17(27)38-13-10(6-36-42(34,35)39-41(32,33)23-40(29,30)31)37-16(12(13)25)24-7-20-11-14(24)21-18(28)22-15(11)26/h2-5,7,10,12-13,16,19,25H,6H2,1H3,(H,34,35)(H2,21,22,26,28)(H4,23,29,30,31,32,33)/t10-,12-,13-,16-/m1/s1. The van der Waals surface area contributed by atoms with Crippen LogP contribution in [0.2, 0.25) is 0 Å².